The highest BCUT2D eigenvalue weighted by atomic mass is 32.1. The van der Waals surface area contributed by atoms with Crippen LogP contribution in [0.2, 0.25) is 0 Å². The smallest absolute Gasteiger partial charge is 0.139 e. The first-order chi connectivity index (χ1) is 8.38. The fourth-order valence-corrected chi connectivity index (χ4v) is 2.45. The van der Waals surface area contributed by atoms with E-state index in [1.807, 2.05) is 19.9 Å². The highest BCUT2D eigenvalue weighted by Crippen LogP contribution is 2.24. The Labute approximate surface area is 115 Å². The number of thiocarbonyl (C=S) groups is 1. The van der Waals surface area contributed by atoms with Gasteiger partial charge in [0.05, 0.1) is 5.56 Å². The number of hydrogen-bond acceptors (Lipinski definition) is 3. The zero-order valence-corrected chi connectivity index (χ0v) is 12.8. The molecule has 1 aromatic heterocycles. The molecule has 0 saturated carbocycles. The molecular weight excluding hydrogens is 242 g/mol. The van der Waals surface area contributed by atoms with Gasteiger partial charge in [-0.25, -0.2) is 4.98 Å². The van der Waals surface area contributed by atoms with Gasteiger partial charge in [-0.2, -0.15) is 0 Å². The molecule has 1 heterocycles. The summed E-state index contributed by atoms with van der Waals surface area (Å²) in [7, 11) is 2.06. The quantitative estimate of drug-likeness (QED) is 0.831. The normalized spacial score (nSPS) is 12.3. The van der Waals surface area contributed by atoms with Crippen LogP contribution in [-0.2, 0) is 0 Å². The Hall–Kier alpha value is -1.16. The molecule has 0 spiro atoms. The highest BCUT2D eigenvalue weighted by molar-refractivity contribution is 7.80. The predicted molar refractivity (Wildman–Crippen MR) is 82.4 cm³/mol. The summed E-state index contributed by atoms with van der Waals surface area (Å²) < 4.78 is 0. The zero-order valence-electron chi connectivity index (χ0n) is 11.9. The standard InChI is InChI=1S/C14H23N3S/c1-6-7-11(4)17(5)14-12(13(15)18)9(2)8-10(3)16-14/h8,11H,6-7H2,1-5H3,(H2,15,18). The molecule has 4 heteroatoms. The average molecular weight is 265 g/mol. The number of aromatic nitrogens is 1. The monoisotopic (exact) mass is 265 g/mol. The Bertz CT molecular complexity index is 443. The van der Waals surface area contributed by atoms with Crippen LogP contribution in [0.1, 0.15) is 43.5 Å². The number of rotatable bonds is 5. The van der Waals surface area contributed by atoms with Crippen LogP contribution >= 0.6 is 12.2 Å². The molecule has 0 aromatic carbocycles. The second kappa shape index (κ2) is 6.14. The Morgan fingerprint density at radius 1 is 1.50 bits per heavy atom. The summed E-state index contributed by atoms with van der Waals surface area (Å²) in [6.07, 6.45) is 2.28. The van der Waals surface area contributed by atoms with Gasteiger partial charge >= 0.3 is 0 Å². The van der Waals surface area contributed by atoms with E-state index in [0.29, 0.717) is 11.0 Å². The largest absolute Gasteiger partial charge is 0.389 e. The second-order valence-corrected chi connectivity index (χ2v) is 5.33. The lowest BCUT2D eigenvalue weighted by atomic mass is 10.1. The summed E-state index contributed by atoms with van der Waals surface area (Å²) in [5, 5.41) is 0. The second-order valence-electron chi connectivity index (χ2n) is 4.89. The fraction of sp³-hybridized carbons (Fsp3) is 0.571. The molecule has 2 N–H and O–H groups in total. The van der Waals surface area contributed by atoms with E-state index in [4.69, 9.17) is 18.0 Å². The Morgan fingerprint density at radius 2 is 2.11 bits per heavy atom. The summed E-state index contributed by atoms with van der Waals surface area (Å²) in [5.41, 5.74) is 8.84. The molecule has 0 saturated heterocycles. The van der Waals surface area contributed by atoms with Crippen LogP contribution in [0.3, 0.4) is 0 Å². The maximum atomic E-state index is 5.84. The van der Waals surface area contributed by atoms with E-state index in [9.17, 15) is 0 Å². The van der Waals surface area contributed by atoms with Crippen molar-refractivity contribution in [3.05, 3.63) is 22.9 Å². The summed E-state index contributed by atoms with van der Waals surface area (Å²) in [4.78, 5) is 7.22. The van der Waals surface area contributed by atoms with Crippen LogP contribution in [0.15, 0.2) is 6.07 Å². The minimum absolute atomic E-state index is 0.422. The summed E-state index contributed by atoms with van der Waals surface area (Å²) in [6.45, 7) is 8.42. The van der Waals surface area contributed by atoms with Gasteiger partial charge < -0.3 is 10.6 Å². The molecule has 0 bridgehead atoms. The van der Waals surface area contributed by atoms with Crippen molar-refractivity contribution >= 4 is 23.0 Å². The van der Waals surface area contributed by atoms with Gasteiger partial charge in [0.25, 0.3) is 0 Å². The lowest BCUT2D eigenvalue weighted by molar-refractivity contribution is 0.610. The molecule has 1 unspecified atom stereocenters. The Morgan fingerprint density at radius 3 is 2.61 bits per heavy atom. The van der Waals surface area contributed by atoms with Crippen molar-refractivity contribution in [3.8, 4) is 0 Å². The molecule has 100 valence electrons. The first-order valence-corrected chi connectivity index (χ1v) is 6.80. The van der Waals surface area contributed by atoms with Crippen LogP contribution < -0.4 is 10.6 Å². The summed E-state index contributed by atoms with van der Waals surface area (Å²) in [6, 6.07) is 2.45. The molecular formula is C14H23N3S. The fourth-order valence-electron chi connectivity index (χ4n) is 2.20. The van der Waals surface area contributed by atoms with E-state index in [1.54, 1.807) is 0 Å². The molecule has 1 rings (SSSR count). The minimum atomic E-state index is 0.422. The van der Waals surface area contributed by atoms with E-state index in [0.717, 1.165) is 35.5 Å². The van der Waals surface area contributed by atoms with Gasteiger partial charge in [0.15, 0.2) is 0 Å². The molecule has 0 aliphatic heterocycles. The molecule has 3 nitrogen and oxygen atoms in total. The van der Waals surface area contributed by atoms with Crippen molar-refractivity contribution in [2.24, 2.45) is 5.73 Å². The van der Waals surface area contributed by atoms with Crippen LogP contribution in [0.25, 0.3) is 0 Å². The number of hydrogen-bond donors (Lipinski definition) is 1. The number of nitrogens with two attached hydrogens (primary N) is 1. The van der Waals surface area contributed by atoms with Crippen LogP contribution in [0.4, 0.5) is 5.82 Å². The van der Waals surface area contributed by atoms with Crippen molar-refractivity contribution in [1.29, 1.82) is 0 Å². The Kier molecular flexibility index (Phi) is 5.08. The predicted octanol–water partition coefficient (Wildman–Crippen LogP) is 2.96. The molecule has 1 aromatic rings. The topological polar surface area (TPSA) is 42.2 Å². The van der Waals surface area contributed by atoms with Crippen molar-refractivity contribution in [2.45, 2.75) is 46.6 Å². The maximum Gasteiger partial charge on any atom is 0.139 e. The number of aryl methyl sites for hydroxylation is 2. The molecule has 0 aliphatic carbocycles. The van der Waals surface area contributed by atoms with Crippen LogP contribution in [0, 0.1) is 13.8 Å². The first-order valence-electron chi connectivity index (χ1n) is 6.39. The van der Waals surface area contributed by atoms with Gasteiger partial charge in [-0.1, -0.05) is 25.6 Å². The number of anilines is 1. The van der Waals surface area contributed by atoms with Crippen LogP contribution in [0.5, 0.6) is 0 Å². The Balaban J connectivity index is 3.25. The number of pyridine rings is 1. The summed E-state index contributed by atoms with van der Waals surface area (Å²) >= 11 is 5.16. The van der Waals surface area contributed by atoms with E-state index in [-0.39, 0.29) is 0 Å². The van der Waals surface area contributed by atoms with E-state index >= 15 is 0 Å². The van der Waals surface area contributed by atoms with E-state index in [2.05, 4.69) is 30.8 Å². The third-order valence-corrected chi connectivity index (χ3v) is 3.48. The molecule has 1 atom stereocenters. The zero-order chi connectivity index (χ0) is 13.9. The van der Waals surface area contributed by atoms with Crippen molar-refractivity contribution in [3.63, 3.8) is 0 Å². The molecule has 18 heavy (non-hydrogen) atoms. The molecule has 0 aliphatic rings. The van der Waals surface area contributed by atoms with Crippen molar-refractivity contribution in [2.75, 3.05) is 11.9 Å². The maximum absolute atomic E-state index is 5.84. The minimum Gasteiger partial charge on any atom is -0.389 e. The van der Waals surface area contributed by atoms with Gasteiger partial charge in [-0.05, 0) is 38.8 Å². The number of nitrogens with zero attached hydrogens (tertiary/aromatic N) is 2. The molecule has 0 radical (unpaired) electrons. The lowest BCUT2D eigenvalue weighted by Crippen LogP contribution is -2.32. The van der Waals surface area contributed by atoms with Gasteiger partial charge in [0.2, 0.25) is 0 Å². The van der Waals surface area contributed by atoms with Crippen LogP contribution in [-0.4, -0.2) is 23.1 Å². The van der Waals surface area contributed by atoms with Crippen molar-refractivity contribution in [1.82, 2.24) is 4.98 Å². The van der Waals surface area contributed by atoms with Gasteiger partial charge in [-0.3, -0.25) is 0 Å². The van der Waals surface area contributed by atoms with Gasteiger partial charge in [0, 0.05) is 18.8 Å². The first kappa shape index (κ1) is 14.9. The van der Waals surface area contributed by atoms with Gasteiger partial charge in [0.1, 0.15) is 10.8 Å². The van der Waals surface area contributed by atoms with E-state index in [1.165, 1.54) is 0 Å². The molecule has 0 fully saturated rings. The third-order valence-electron chi connectivity index (χ3n) is 3.27. The highest BCUT2D eigenvalue weighted by Gasteiger charge is 2.18. The SMILES string of the molecule is CCCC(C)N(C)c1nc(C)cc(C)c1C(N)=S. The van der Waals surface area contributed by atoms with Crippen molar-refractivity contribution < 1.29 is 0 Å². The van der Waals surface area contributed by atoms with E-state index < -0.39 is 0 Å². The van der Waals surface area contributed by atoms with Gasteiger partial charge in [-0.15, -0.1) is 0 Å². The third kappa shape index (κ3) is 3.19. The lowest BCUT2D eigenvalue weighted by Gasteiger charge is -2.28. The molecule has 0 amide bonds. The summed E-state index contributed by atoms with van der Waals surface area (Å²) in [5.74, 6) is 0.904. The average Bonchev–Trinajstić information content (AvgIpc) is 2.26.